The molecule has 2 aliphatic heterocycles. The van der Waals surface area contributed by atoms with E-state index in [1.165, 1.54) is 0 Å². The van der Waals surface area contributed by atoms with Gasteiger partial charge in [0.1, 0.15) is 5.37 Å². The van der Waals surface area contributed by atoms with Gasteiger partial charge in [0.2, 0.25) is 10.0 Å². The van der Waals surface area contributed by atoms with Gasteiger partial charge in [0, 0.05) is 25.0 Å². The maximum absolute atomic E-state index is 11.0. The Kier molecular flexibility index (Phi) is 1.79. The standard InChI is InChI=1S/C6H10N4O2S/c7-13(11,12)6-3-5-4-8-1-2-10(5)9-6/h1-2,4,6,8-9H,3H2,(H2,7,11,12). The summed E-state index contributed by atoms with van der Waals surface area (Å²) in [7, 11) is -3.52. The molecule has 0 bridgehead atoms. The molecule has 1 atom stereocenters. The summed E-state index contributed by atoms with van der Waals surface area (Å²) in [5, 5.41) is 8.80. The first kappa shape index (κ1) is 8.54. The molecule has 2 heterocycles. The molecule has 6 nitrogen and oxygen atoms in total. The van der Waals surface area contributed by atoms with E-state index in [2.05, 4.69) is 10.7 Å². The largest absolute Gasteiger partial charge is 0.365 e. The summed E-state index contributed by atoms with van der Waals surface area (Å²) in [6.07, 6.45) is 5.52. The minimum Gasteiger partial charge on any atom is -0.365 e. The maximum Gasteiger partial charge on any atom is 0.227 e. The molecule has 13 heavy (non-hydrogen) atoms. The van der Waals surface area contributed by atoms with E-state index in [0.29, 0.717) is 6.42 Å². The van der Waals surface area contributed by atoms with Gasteiger partial charge in [-0.25, -0.2) is 19.0 Å². The lowest BCUT2D eigenvalue weighted by Crippen LogP contribution is -2.40. The van der Waals surface area contributed by atoms with Crippen LogP contribution in [0.1, 0.15) is 6.42 Å². The highest BCUT2D eigenvalue weighted by molar-refractivity contribution is 7.89. The van der Waals surface area contributed by atoms with Crippen molar-refractivity contribution in [3.63, 3.8) is 0 Å². The first-order chi connectivity index (χ1) is 6.07. The van der Waals surface area contributed by atoms with E-state index in [9.17, 15) is 8.42 Å². The van der Waals surface area contributed by atoms with Crippen LogP contribution in [-0.4, -0.2) is 18.8 Å². The molecule has 7 heteroatoms. The monoisotopic (exact) mass is 202 g/mol. The predicted octanol–water partition coefficient (Wildman–Crippen LogP) is -1.27. The molecule has 0 amide bonds. The predicted molar refractivity (Wildman–Crippen MR) is 46.8 cm³/mol. The third-order valence-electron chi connectivity index (χ3n) is 1.95. The fourth-order valence-electron chi connectivity index (χ4n) is 1.29. The summed E-state index contributed by atoms with van der Waals surface area (Å²) >= 11 is 0. The second-order valence-electron chi connectivity index (χ2n) is 2.90. The Bertz CT molecular complexity index is 372. The van der Waals surface area contributed by atoms with Gasteiger partial charge in [-0.05, 0) is 0 Å². The molecular formula is C6H10N4O2S. The molecule has 1 fully saturated rings. The summed E-state index contributed by atoms with van der Waals surface area (Å²) in [5.41, 5.74) is 3.62. The number of hydrogen-bond donors (Lipinski definition) is 3. The zero-order valence-corrected chi connectivity index (χ0v) is 7.58. The van der Waals surface area contributed by atoms with Gasteiger partial charge in [-0.2, -0.15) is 0 Å². The molecule has 1 saturated heterocycles. The summed E-state index contributed by atoms with van der Waals surface area (Å²) < 4.78 is 22.0. The molecule has 2 rings (SSSR count). The van der Waals surface area contributed by atoms with Gasteiger partial charge in [-0.1, -0.05) is 0 Å². The van der Waals surface area contributed by atoms with Gasteiger partial charge in [0.05, 0.1) is 5.70 Å². The normalized spacial score (nSPS) is 26.7. The van der Waals surface area contributed by atoms with Crippen LogP contribution in [-0.2, 0) is 10.0 Å². The summed E-state index contributed by atoms with van der Waals surface area (Å²) in [4.78, 5) is 0. The van der Waals surface area contributed by atoms with Crippen molar-refractivity contribution in [2.24, 2.45) is 5.14 Å². The van der Waals surface area contributed by atoms with Crippen molar-refractivity contribution >= 4 is 10.0 Å². The van der Waals surface area contributed by atoms with Gasteiger partial charge < -0.3 is 5.32 Å². The highest BCUT2D eigenvalue weighted by Gasteiger charge is 2.32. The summed E-state index contributed by atoms with van der Waals surface area (Å²) in [6.45, 7) is 0. The van der Waals surface area contributed by atoms with Gasteiger partial charge >= 0.3 is 0 Å². The Balaban J connectivity index is 2.21. The van der Waals surface area contributed by atoms with Crippen LogP contribution in [0.25, 0.3) is 0 Å². The van der Waals surface area contributed by atoms with Crippen LogP contribution in [0.2, 0.25) is 0 Å². The molecule has 2 aliphatic rings. The minimum absolute atomic E-state index is 0.385. The van der Waals surface area contributed by atoms with Crippen molar-refractivity contribution in [3.05, 3.63) is 24.3 Å². The third-order valence-corrected chi connectivity index (χ3v) is 3.02. The lowest BCUT2D eigenvalue weighted by molar-refractivity contribution is 0.384. The molecule has 0 radical (unpaired) electrons. The number of nitrogens with two attached hydrogens (primary N) is 1. The van der Waals surface area contributed by atoms with Gasteiger partial charge in [-0.15, -0.1) is 0 Å². The van der Waals surface area contributed by atoms with E-state index in [0.717, 1.165) is 5.70 Å². The molecule has 0 aromatic rings. The zero-order chi connectivity index (χ0) is 9.47. The Morgan fingerprint density at radius 1 is 1.62 bits per heavy atom. The molecule has 4 N–H and O–H groups in total. The molecular weight excluding hydrogens is 192 g/mol. The van der Waals surface area contributed by atoms with Crippen LogP contribution < -0.4 is 15.9 Å². The Hall–Kier alpha value is -1.05. The van der Waals surface area contributed by atoms with E-state index in [-0.39, 0.29) is 0 Å². The number of nitrogens with one attached hydrogen (secondary N) is 2. The number of hydrogen-bond acceptors (Lipinski definition) is 5. The number of nitrogens with zero attached hydrogens (tertiary/aromatic N) is 1. The van der Waals surface area contributed by atoms with Crippen LogP contribution >= 0.6 is 0 Å². The van der Waals surface area contributed by atoms with Crippen LogP contribution in [0.15, 0.2) is 24.3 Å². The maximum atomic E-state index is 11.0. The topological polar surface area (TPSA) is 87.5 Å². The number of rotatable bonds is 1. The highest BCUT2D eigenvalue weighted by atomic mass is 32.2. The second-order valence-corrected chi connectivity index (χ2v) is 4.65. The zero-order valence-electron chi connectivity index (χ0n) is 6.77. The second kappa shape index (κ2) is 2.72. The Morgan fingerprint density at radius 3 is 3.00 bits per heavy atom. The SMILES string of the molecule is NS(=O)(=O)C1CC2=CNC=CN2N1. The molecule has 0 spiro atoms. The van der Waals surface area contributed by atoms with E-state index in [4.69, 9.17) is 5.14 Å². The van der Waals surface area contributed by atoms with E-state index in [1.54, 1.807) is 23.6 Å². The van der Waals surface area contributed by atoms with E-state index in [1.807, 2.05) is 0 Å². The molecule has 0 aromatic carbocycles. The smallest absolute Gasteiger partial charge is 0.227 e. The van der Waals surface area contributed by atoms with Gasteiger partial charge in [-0.3, -0.25) is 5.01 Å². The van der Waals surface area contributed by atoms with Gasteiger partial charge in [0.25, 0.3) is 0 Å². The van der Waals surface area contributed by atoms with Crippen molar-refractivity contribution in [1.82, 2.24) is 15.8 Å². The highest BCUT2D eigenvalue weighted by Crippen LogP contribution is 2.21. The molecule has 0 saturated carbocycles. The number of sulfonamides is 1. The molecule has 0 aliphatic carbocycles. The summed E-state index contributed by atoms with van der Waals surface area (Å²) in [6, 6.07) is 0. The van der Waals surface area contributed by atoms with Crippen molar-refractivity contribution in [3.8, 4) is 0 Å². The van der Waals surface area contributed by atoms with Crippen LogP contribution in [0.4, 0.5) is 0 Å². The first-order valence-electron chi connectivity index (χ1n) is 3.76. The molecule has 0 aromatic heterocycles. The van der Waals surface area contributed by atoms with Crippen LogP contribution in [0.3, 0.4) is 0 Å². The minimum atomic E-state index is -3.52. The van der Waals surface area contributed by atoms with Crippen molar-refractivity contribution < 1.29 is 8.42 Å². The fourth-order valence-corrected chi connectivity index (χ4v) is 1.95. The average Bonchev–Trinajstić information content (AvgIpc) is 2.45. The number of hydrazine groups is 1. The van der Waals surface area contributed by atoms with Crippen molar-refractivity contribution in [2.75, 3.05) is 0 Å². The van der Waals surface area contributed by atoms with Crippen molar-refractivity contribution in [2.45, 2.75) is 11.8 Å². The summed E-state index contributed by atoms with van der Waals surface area (Å²) in [5.74, 6) is 0. The van der Waals surface area contributed by atoms with E-state index < -0.39 is 15.4 Å². The first-order valence-corrected chi connectivity index (χ1v) is 5.37. The number of primary sulfonamides is 1. The Morgan fingerprint density at radius 2 is 2.38 bits per heavy atom. The quantitative estimate of drug-likeness (QED) is 0.493. The fraction of sp³-hybridized carbons (Fsp3) is 0.333. The lowest BCUT2D eigenvalue weighted by Gasteiger charge is -2.18. The molecule has 72 valence electrons. The average molecular weight is 202 g/mol. The molecule has 1 unspecified atom stereocenters. The van der Waals surface area contributed by atoms with Gasteiger partial charge in [0.15, 0.2) is 0 Å². The van der Waals surface area contributed by atoms with Crippen LogP contribution in [0, 0.1) is 0 Å². The van der Waals surface area contributed by atoms with Crippen molar-refractivity contribution in [1.29, 1.82) is 0 Å². The third kappa shape index (κ3) is 1.53. The van der Waals surface area contributed by atoms with Crippen LogP contribution in [0.5, 0.6) is 0 Å². The van der Waals surface area contributed by atoms with E-state index >= 15 is 0 Å². The Labute approximate surface area is 76.1 Å². The lowest BCUT2D eigenvalue weighted by atomic mass is 10.3. The number of fused-ring (bicyclic) bond motifs is 1.